The van der Waals surface area contributed by atoms with Gasteiger partial charge in [0.1, 0.15) is 5.76 Å². The maximum Gasteiger partial charge on any atom is 0.340 e. The molecule has 2 aromatic heterocycles. The van der Waals surface area contributed by atoms with Crippen molar-refractivity contribution in [2.75, 3.05) is 7.11 Å². The van der Waals surface area contributed by atoms with Gasteiger partial charge in [0.15, 0.2) is 0 Å². The van der Waals surface area contributed by atoms with Gasteiger partial charge < -0.3 is 18.6 Å². The number of aromatic nitrogens is 1. The fourth-order valence-electron chi connectivity index (χ4n) is 4.26. The molecular weight excluding hydrogens is 440 g/mol. The second kappa shape index (κ2) is 8.79. The number of hydrogen-bond acceptors (Lipinski definition) is 4. The lowest BCUT2D eigenvalue weighted by Gasteiger charge is -2.16. The average molecular weight is 465 g/mol. The molecule has 1 aromatic carbocycles. The number of carbonyl (C=O) groups is 2. The van der Waals surface area contributed by atoms with Crippen LogP contribution in [0.1, 0.15) is 35.2 Å². The highest BCUT2D eigenvalue weighted by molar-refractivity contribution is 6.30. The van der Waals surface area contributed by atoms with Crippen LogP contribution in [0.3, 0.4) is 0 Å². The third-order valence-corrected chi connectivity index (χ3v) is 6.21. The monoisotopic (exact) mass is 464 g/mol. The van der Waals surface area contributed by atoms with E-state index in [1.54, 1.807) is 31.4 Å². The van der Waals surface area contributed by atoms with Crippen molar-refractivity contribution in [3.63, 3.8) is 0 Å². The molecule has 1 aliphatic rings. The number of furan rings is 1. The van der Waals surface area contributed by atoms with E-state index in [0.29, 0.717) is 22.1 Å². The summed E-state index contributed by atoms with van der Waals surface area (Å²) in [6.45, 7) is 7.98. The number of carbonyl (C=O) groups excluding carboxylic acids is 2. The van der Waals surface area contributed by atoms with Crippen molar-refractivity contribution in [3.05, 3.63) is 92.8 Å². The molecule has 0 atom stereocenters. The second-order valence-corrected chi connectivity index (χ2v) is 8.51. The van der Waals surface area contributed by atoms with Crippen LogP contribution in [-0.2, 0) is 20.9 Å². The van der Waals surface area contributed by atoms with Crippen molar-refractivity contribution in [1.82, 2.24) is 9.47 Å². The van der Waals surface area contributed by atoms with E-state index in [4.69, 9.17) is 20.8 Å². The van der Waals surface area contributed by atoms with Crippen LogP contribution in [0.2, 0.25) is 5.02 Å². The van der Waals surface area contributed by atoms with Crippen molar-refractivity contribution in [3.8, 4) is 5.69 Å². The van der Waals surface area contributed by atoms with Gasteiger partial charge in [-0.15, -0.1) is 0 Å². The summed E-state index contributed by atoms with van der Waals surface area (Å²) < 4.78 is 12.5. The number of allylic oxidation sites excluding steroid dienone is 1. The molecule has 0 spiro atoms. The first kappa shape index (κ1) is 22.7. The van der Waals surface area contributed by atoms with Crippen LogP contribution in [0.25, 0.3) is 11.8 Å². The third-order valence-electron chi connectivity index (χ3n) is 5.98. The maximum absolute atomic E-state index is 13.4. The Kier molecular flexibility index (Phi) is 6.04. The van der Waals surface area contributed by atoms with Crippen LogP contribution in [0, 0.1) is 20.8 Å². The number of ether oxygens (including phenoxy) is 1. The molecule has 170 valence electrons. The van der Waals surface area contributed by atoms with E-state index in [1.807, 2.05) is 45.0 Å². The Morgan fingerprint density at radius 3 is 2.58 bits per heavy atom. The lowest BCUT2D eigenvalue weighted by molar-refractivity contribution is -0.136. The molecule has 0 saturated heterocycles. The minimum atomic E-state index is -0.548. The largest absolute Gasteiger partial charge is 0.467 e. The predicted octanol–water partition coefficient (Wildman–Crippen LogP) is 5.52. The highest BCUT2D eigenvalue weighted by Gasteiger charge is 2.37. The van der Waals surface area contributed by atoms with Crippen molar-refractivity contribution >= 4 is 29.6 Å². The number of hydrogen-bond donors (Lipinski definition) is 0. The molecule has 0 bridgehead atoms. The zero-order valence-electron chi connectivity index (χ0n) is 19.2. The summed E-state index contributed by atoms with van der Waals surface area (Å²) in [6.07, 6.45) is 3.32. The van der Waals surface area contributed by atoms with Gasteiger partial charge in [0, 0.05) is 27.8 Å². The highest BCUT2D eigenvalue weighted by Crippen LogP contribution is 2.34. The molecule has 4 rings (SSSR count). The molecule has 33 heavy (non-hydrogen) atoms. The summed E-state index contributed by atoms with van der Waals surface area (Å²) in [7, 11) is 1.31. The number of rotatable bonds is 5. The van der Waals surface area contributed by atoms with Gasteiger partial charge in [0.25, 0.3) is 5.91 Å². The first-order valence-electron chi connectivity index (χ1n) is 10.5. The van der Waals surface area contributed by atoms with Gasteiger partial charge in [-0.25, -0.2) is 4.79 Å². The molecule has 3 heterocycles. The van der Waals surface area contributed by atoms with Gasteiger partial charge in [-0.1, -0.05) is 17.7 Å². The Labute approximate surface area is 197 Å². The lowest BCUT2D eigenvalue weighted by atomic mass is 10.0. The Bertz CT molecular complexity index is 1310. The van der Waals surface area contributed by atoms with Crippen molar-refractivity contribution in [1.29, 1.82) is 0 Å². The van der Waals surface area contributed by atoms with Gasteiger partial charge in [-0.2, -0.15) is 0 Å². The zero-order chi connectivity index (χ0) is 23.9. The number of nitrogens with zero attached hydrogens (tertiary/aromatic N) is 2. The fourth-order valence-corrected chi connectivity index (χ4v) is 4.43. The number of amides is 1. The molecule has 3 aromatic rings. The summed E-state index contributed by atoms with van der Waals surface area (Å²) in [6, 6.07) is 11.3. The molecule has 0 N–H and O–H groups in total. The van der Waals surface area contributed by atoms with E-state index < -0.39 is 5.97 Å². The van der Waals surface area contributed by atoms with E-state index in [2.05, 4.69) is 4.57 Å². The SMILES string of the molecule is COC(=O)C1=C(C)N(Cc2ccco2)C(=O)C1=Cc1cc(C)n(-c2cc(Cl)ccc2C)c1C. The van der Waals surface area contributed by atoms with Gasteiger partial charge in [-0.05, 0) is 75.2 Å². The van der Waals surface area contributed by atoms with E-state index in [0.717, 1.165) is 28.2 Å². The number of methoxy groups -OCH3 is 1. The molecule has 1 aliphatic heterocycles. The Balaban J connectivity index is 1.81. The Morgan fingerprint density at radius 2 is 1.91 bits per heavy atom. The van der Waals surface area contributed by atoms with Crippen LogP contribution in [-0.4, -0.2) is 28.5 Å². The minimum Gasteiger partial charge on any atom is -0.467 e. The second-order valence-electron chi connectivity index (χ2n) is 8.07. The zero-order valence-corrected chi connectivity index (χ0v) is 20.0. The highest BCUT2D eigenvalue weighted by atomic mass is 35.5. The van der Waals surface area contributed by atoms with Gasteiger partial charge >= 0.3 is 5.97 Å². The quantitative estimate of drug-likeness (QED) is 0.368. The number of aryl methyl sites for hydroxylation is 2. The Hall–Kier alpha value is -3.51. The smallest absolute Gasteiger partial charge is 0.340 e. The molecule has 0 fully saturated rings. The van der Waals surface area contributed by atoms with Crippen LogP contribution in [0.15, 0.2) is 63.9 Å². The molecule has 7 heteroatoms. The van der Waals surface area contributed by atoms with Crippen molar-refractivity contribution in [2.24, 2.45) is 0 Å². The topological polar surface area (TPSA) is 64.7 Å². The first-order chi connectivity index (χ1) is 15.7. The summed E-state index contributed by atoms with van der Waals surface area (Å²) in [4.78, 5) is 27.6. The van der Waals surface area contributed by atoms with Crippen LogP contribution in [0.4, 0.5) is 0 Å². The van der Waals surface area contributed by atoms with Crippen molar-refractivity contribution in [2.45, 2.75) is 34.2 Å². The molecule has 0 saturated carbocycles. The molecule has 0 radical (unpaired) electrons. The average Bonchev–Trinajstić information content (AvgIpc) is 3.45. The summed E-state index contributed by atoms with van der Waals surface area (Å²) in [5, 5.41) is 0.647. The summed E-state index contributed by atoms with van der Waals surface area (Å²) in [5.41, 5.74) is 5.91. The molecule has 0 aliphatic carbocycles. The van der Waals surface area contributed by atoms with E-state index in [9.17, 15) is 9.59 Å². The standard InChI is InChI=1S/C26H25ClN2O4/c1-15-8-9-20(27)13-23(15)29-16(2)11-19(17(29)3)12-22-24(26(31)32-5)18(4)28(25(22)30)14-21-7-6-10-33-21/h6-13H,14H2,1-5H3. The van der Waals surface area contributed by atoms with E-state index in [1.165, 1.54) is 12.0 Å². The van der Waals surface area contributed by atoms with E-state index in [-0.39, 0.29) is 18.0 Å². The van der Waals surface area contributed by atoms with Crippen molar-refractivity contribution < 1.29 is 18.7 Å². The van der Waals surface area contributed by atoms with Crippen LogP contribution < -0.4 is 0 Å². The Morgan fingerprint density at radius 1 is 1.15 bits per heavy atom. The maximum atomic E-state index is 13.4. The van der Waals surface area contributed by atoms with Crippen LogP contribution >= 0.6 is 11.6 Å². The predicted molar refractivity (Wildman–Crippen MR) is 127 cm³/mol. The number of halogens is 1. The van der Waals surface area contributed by atoms with Crippen LogP contribution in [0.5, 0.6) is 0 Å². The minimum absolute atomic E-state index is 0.232. The van der Waals surface area contributed by atoms with Gasteiger partial charge in [-0.3, -0.25) is 4.79 Å². The molecular formula is C26H25ClN2O4. The summed E-state index contributed by atoms with van der Waals surface area (Å²) >= 11 is 6.25. The normalized spacial score (nSPS) is 15.2. The van der Waals surface area contributed by atoms with Gasteiger partial charge in [0.2, 0.25) is 0 Å². The van der Waals surface area contributed by atoms with E-state index >= 15 is 0 Å². The first-order valence-corrected chi connectivity index (χ1v) is 10.9. The molecule has 1 amide bonds. The summed E-state index contributed by atoms with van der Waals surface area (Å²) in [5.74, 6) is -0.190. The molecule has 0 unspecified atom stereocenters. The third kappa shape index (κ3) is 4.02. The number of benzene rings is 1. The fraction of sp³-hybridized carbons (Fsp3) is 0.231. The number of esters is 1. The molecule has 6 nitrogen and oxygen atoms in total. The lowest BCUT2D eigenvalue weighted by Crippen LogP contribution is -2.24. The van der Waals surface area contributed by atoms with Gasteiger partial charge in [0.05, 0.1) is 31.1 Å².